The van der Waals surface area contributed by atoms with Crippen LogP contribution in [-0.4, -0.2) is 24.3 Å². The van der Waals surface area contributed by atoms with E-state index < -0.39 is 12.1 Å². The molecule has 0 bridgehead atoms. The van der Waals surface area contributed by atoms with E-state index in [-0.39, 0.29) is 12.6 Å². The minimum Gasteiger partial charge on any atom is -0.445 e. The van der Waals surface area contributed by atoms with Crippen molar-refractivity contribution >= 4 is 12.2 Å². The van der Waals surface area contributed by atoms with Gasteiger partial charge in [-0.15, -0.1) is 0 Å². The fourth-order valence-electron chi connectivity index (χ4n) is 1.62. The molecule has 0 aliphatic rings. The van der Waals surface area contributed by atoms with Crippen LogP contribution >= 0.6 is 0 Å². The number of alkyl carbamates (subject to hydrolysis) is 1. The lowest BCUT2D eigenvalue weighted by Gasteiger charge is -2.17. The minimum atomic E-state index is -0.544. The molecule has 2 atom stereocenters. The predicted octanol–water partition coefficient (Wildman–Crippen LogP) is 2.58. The molecule has 0 aliphatic heterocycles. The van der Waals surface area contributed by atoms with Crippen LogP contribution in [-0.2, 0) is 16.1 Å². The summed E-state index contributed by atoms with van der Waals surface area (Å²) in [6, 6.07) is 8.59. The number of rotatable bonds is 6. The molecule has 0 saturated heterocycles. The fraction of sp³-hybridized carbons (Fsp3) is 0.333. The van der Waals surface area contributed by atoms with Gasteiger partial charge in [-0.1, -0.05) is 42.5 Å². The number of benzene rings is 1. The van der Waals surface area contributed by atoms with Gasteiger partial charge in [0.2, 0.25) is 6.08 Å². The summed E-state index contributed by atoms with van der Waals surface area (Å²) in [5.41, 5.74) is 0.909. The number of hydrogen-bond acceptors (Lipinski definition) is 4. The summed E-state index contributed by atoms with van der Waals surface area (Å²) in [6.07, 6.45) is 4.43. The molecule has 0 unspecified atom stereocenters. The molecule has 0 radical (unpaired) electrons. The molecule has 0 aromatic heterocycles. The van der Waals surface area contributed by atoms with Gasteiger partial charge in [0.25, 0.3) is 0 Å². The minimum absolute atomic E-state index is 0.199. The summed E-state index contributed by atoms with van der Waals surface area (Å²) in [7, 11) is 0. The van der Waals surface area contributed by atoms with Gasteiger partial charge in [-0.3, -0.25) is 0 Å². The Hall–Kier alpha value is -2.39. The standard InChI is InChI=1S/C15H18N2O3/c1-3-7-14(16-11-18)12(2)17-15(19)20-10-13-8-5-4-6-9-13/h3-9,12,14H,10H2,1-2H3,(H,17,19)/b7-3+/t12-,14+/m1/s1. The summed E-state index contributed by atoms with van der Waals surface area (Å²) >= 11 is 0. The van der Waals surface area contributed by atoms with Crippen molar-refractivity contribution < 1.29 is 14.3 Å². The van der Waals surface area contributed by atoms with Crippen LogP contribution in [0.5, 0.6) is 0 Å². The Labute approximate surface area is 118 Å². The molecule has 0 aliphatic carbocycles. The molecular weight excluding hydrogens is 256 g/mol. The molecule has 1 aromatic carbocycles. The normalized spacial score (nSPS) is 13.3. The monoisotopic (exact) mass is 274 g/mol. The van der Waals surface area contributed by atoms with E-state index in [0.29, 0.717) is 0 Å². The SMILES string of the molecule is C/C=C/[C@H](N=C=O)[C@@H](C)NC(=O)OCc1ccccc1. The third-order valence-electron chi connectivity index (χ3n) is 2.66. The number of nitrogens with one attached hydrogen (secondary N) is 1. The van der Waals surface area contributed by atoms with Crippen LogP contribution in [0, 0.1) is 0 Å². The lowest BCUT2D eigenvalue weighted by atomic mass is 10.1. The summed E-state index contributed by atoms with van der Waals surface area (Å²) in [4.78, 5) is 25.6. The molecule has 1 aromatic rings. The predicted molar refractivity (Wildman–Crippen MR) is 75.9 cm³/mol. The molecule has 1 rings (SSSR count). The Bertz CT molecular complexity index is 493. The van der Waals surface area contributed by atoms with Crippen molar-refractivity contribution in [3.05, 3.63) is 48.0 Å². The third kappa shape index (κ3) is 5.50. The average molecular weight is 274 g/mol. The Balaban J connectivity index is 2.46. The molecule has 20 heavy (non-hydrogen) atoms. The van der Waals surface area contributed by atoms with E-state index in [1.807, 2.05) is 37.3 Å². The van der Waals surface area contributed by atoms with E-state index in [2.05, 4.69) is 10.3 Å². The highest BCUT2D eigenvalue weighted by molar-refractivity contribution is 5.67. The highest BCUT2D eigenvalue weighted by Crippen LogP contribution is 2.03. The second kappa shape index (κ2) is 8.67. The number of allylic oxidation sites excluding steroid dienone is 1. The summed E-state index contributed by atoms with van der Waals surface area (Å²) in [5, 5.41) is 2.63. The molecule has 1 N–H and O–H groups in total. The molecule has 5 heteroatoms. The Morgan fingerprint density at radius 2 is 2.15 bits per heavy atom. The zero-order valence-corrected chi connectivity index (χ0v) is 11.6. The van der Waals surface area contributed by atoms with Crippen molar-refractivity contribution in [1.29, 1.82) is 0 Å². The first-order chi connectivity index (χ1) is 9.67. The van der Waals surface area contributed by atoms with Crippen molar-refractivity contribution in [2.24, 2.45) is 4.99 Å². The lowest BCUT2D eigenvalue weighted by molar-refractivity contribution is 0.135. The maximum atomic E-state index is 11.6. The number of carbonyl (C=O) groups is 1. The van der Waals surface area contributed by atoms with Gasteiger partial charge in [-0.2, -0.15) is 4.99 Å². The van der Waals surface area contributed by atoms with Crippen LogP contribution in [0.1, 0.15) is 19.4 Å². The van der Waals surface area contributed by atoms with Gasteiger partial charge in [0, 0.05) is 0 Å². The van der Waals surface area contributed by atoms with E-state index in [9.17, 15) is 9.59 Å². The summed E-state index contributed by atoms with van der Waals surface area (Å²) in [5.74, 6) is 0. The van der Waals surface area contributed by atoms with E-state index >= 15 is 0 Å². The van der Waals surface area contributed by atoms with Crippen LogP contribution in [0.4, 0.5) is 4.79 Å². The van der Waals surface area contributed by atoms with Crippen molar-refractivity contribution in [2.75, 3.05) is 0 Å². The fourth-order valence-corrected chi connectivity index (χ4v) is 1.62. The number of hydrogen-bond donors (Lipinski definition) is 1. The van der Waals surface area contributed by atoms with E-state index in [4.69, 9.17) is 4.74 Å². The van der Waals surface area contributed by atoms with Crippen molar-refractivity contribution in [3.63, 3.8) is 0 Å². The van der Waals surface area contributed by atoms with Crippen molar-refractivity contribution in [3.8, 4) is 0 Å². The Morgan fingerprint density at radius 1 is 1.45 bits per heavy atom. The van der Waals surface area contributed by atoms with Crippen LogP contribution in [0.15, 0.2) is 47.5 Å². The first-order valence-corrected chi connectivity index (χ1v) is 6.34. The maximum Gasteiger partial charge on any atom is 0.407 e. The average Bonchev–Trinajstić information content (AvgIpc) is 2.46. The lowest BCUT2D eigenvalue weighted by Crippen LogP contribution is -2.39. The van der Waals surface area contributed by atoms with E-state index in [1.165, 1.54) is 6.08 Å². The van der Waals surface area contributed by atoms with Crippen LogP contribution in [0.25, 0.3) is 0 Å². The first kappa shape index (κ1) is 15.7. The molecule has 5 nitrogen and oxygen atoms in total. The van der Waals surface area contributed by atoms with Gasteiger partial charge < -0.3 is 10.1 Å². The number of nitrogens with zero attached hydrogens (tertiary/aromatic N) is 1. The Morgan fingerprint density at radius 3 is 2.75 bits per heavy atom. The van der Waals surface area contributed by atoms with Gasteiger partial charge in [-0.25, -0.2) is 9.59 Å². The van der Waals surface area contributed by atoms with Gasteiger partial charge in [0.15, 0.2) is 0 Å². The molecule has 106 valence electrons. The largest absolute Gasteiger partial charge is 0.445 e. The van der Waals surface area contributed by atoms with Crippen molar-refractivity contribution in [2.45, 2.75) is 32.5 Å². The summed E-state index contributed by atoms with van der Waals surface area (Å²) in [6.45, 7) is 3.76. The van der Waals surface area contributed by atoms with Gasteiger partial charge in [0.05, 0.1) is 6.04 Å². The number of carbonyl (C=O) groups excluding carboxylic acids is 2. The molecule has 0 heterocycles. The van der Waals surface area contributed by atoms with E-state index in [0.717, 1.165) is 5.56 Å². The molecule has 1 amide bonds. The highest BCUT2D eigenvalue weighted by Gasteiger charge is 2.16. The van der Waals surface area contributed by atoms with E-state index in [1.54, 1.807) is 19.1 Å². The van der Waals surface area contributed by atoms with Gasteiger partial charge >= 0.3 is 6.09 Å². The van der Waals surface area contributed by atoms with Crippen LogP contribution < -0.4 is 5.32 Å². The van der Waals surface area contributed by atoms with Gasteiger partial charge in [0.1, 0.15) is 12.6 Å². The third-order valence-corrected chi connectivity index (χ3v) is 2.66. The Kier molecular flexibility index (Phi) is 6.79. The van der Waals surface area contributed by atoms with Crippen LogP contribution in [0.2, 0.25) is 0 Å². The number of ether oxygens (including phenoxy) is 1. The zero-order chi connectivity index (χ0) is 14.8. The first-order valence-electron chi connectivity index (χ1n) is 6.34. The molecule has 0 fully saturated rings. The van der Waals surface area contributed by atoms with Gasteiger partial charge in [-0.05, 0) is 19.4 Å². The number of isocyanates is 1. The zero-order valence-electron chi connectivity index (χ0n) is 11.6. The van der Waals surface area contributed by atoms with Crippen molar-refractivity contribution in [1.82, 2.24) is 5.32 Å². The number of amides is 1. The summed E-state index contributed by atoms with van der Waals surface area (Å²) < 4.78 is 5.09. The maximum absolute atomic E-state index is 11.6. The number of aliphatic imine (C=N–C) groups is 1. The highest BCUT2D eigenvalue weighted by atomic mass is 16.5. The topological polar surface area (TPSA) is 67.8 Å². The second-order valence-electron chi connectivity index (χ2n) is 4.23. The second-order valence-corrected chi connectivity index (χ2v) is 4.23. The molecule has 0 spiro atoms. The van der Waals surface area contributed by atoms with Crippen LogP contribution in [0.3, 0.4) is 0 Å². The smallest absolute Gasteiger partial charge is 0.407 e. The molecule has 0 saturated carbocycles. The quantitative estimate of drug-likeness (QED) is 0.492. The molecular formula is C15H18N2O3.